The Labute approximate surface area is 94.6 Å². The third-order valence-electron chi connectivity index (χ3n) is 3.11. The molecule has 1 N–H and O–H groups in total. The van der Waals surface area contributed by atoms with Gasteiger partial charge in [0, 0.05) is 0 Å². The smallest absolute Gasteiger partial charge is 0.0577 e. The lowest BCUT2D eigenvalue weighted by Gasteiger charge is -2.21. The lowest BCUT2D eigenvalue weighted by atomic mass is 9.87. The molecule has 1 nitrogen and oxygen atoms in total. The topological polar surface area (TPSA) is 20.2 Å². The summed E-state index contributed by atoms with van der Waals surface area (Å²) in [6, 6.07) is 0. The quantitative estimate of drug-likeness (QED) is 0.694. The van der Waals surface area contributed by atoms with Crippen LogP contribution in [0, 0.1) is 5.41 Å². The minimum Gasteiger partial charge on any atom is -0.393 e. The summed E-state index contributed by atoms with van der Waals surface area (Å²) in [6.45, 7) is 6.71. The van der Waals surface area contributed by atoms with Gasteiger partial charge in [-0.25, -0.2) is 0 Å². The highest BCUT2D eigenvalue weighted by Gasteiger charge is 2.15. The Balaban J connectivity index is 2.23. The molecule has 0 bridgehead atoms. The van der Waals surface area contributed by atoms with Crippen LogP contribution in [-0.2, 0) is 0 Å². The largest absolute Gasteiger partial charge is 0.393 e. The summed E-state index contributed by atoms with van der Waals surface area (Å²) in [5.74, 6) is 0. The predicted octanol–water partition coefficient (Wildman–Crippen LogP) is 4.06. The third kappa shape index (κ3) is 5.99. The molecule has 0 spiro atoms. The molecule has 0 heterocycles. The standard InChI is InChI=1S/C14H26O/c1-14(2,3)10-9-13(15)11-12-7-5-4-6-8-12/h7,13,15H,4-6,8-11H2,1-3H3. The number of hydrogen-bond donors (Lipinski definition) is 1. The lowest BCUT2D eigenvalue weighted by molar-refractivity contribution is 0.144. The zero-order chi connectivity index (χ0) is 11.3. The molecule has 1 aliphatic carbocycles. The second-order valence-electron chi connectivity index (χ2n) is 6.07. The van der Waals surface area contributed by atoms with Crippen molar-refractivity contribution in [3.63, 3.8) is 0 Å². The molecule has 0 saturated heterocycles. The molecule has 1 unspecified atom stereocenters. The van der Waals surface area contributed by atoms with Crippen molar-refractivity contribution in [1.82, 2.24) is 0 Å². The fourth-order valence-electron chi connectivity index (χ4n) is 2.09. The Morgan fingerprint density at radius 1 is 1.33 bits per heavy atom. The summed E-state index contributed by atoms with van der Waals surface area (Å²) in [7, 11) is 0. The summed E-state index contributed by atoms with van der Waals surface area (Å²) in [5.41, 5.74) is 1.84. The number of hydrogen-bond acceptors (Lipinski definition) is 1. The Morgan fingerprint density at radius 2 is 2.07 bits per heavy atom. The monoisotopic (exact) mass is 210 g/mol. The average molecular weight is 210 g/mol. The van der Waals surface area contributed by atoms with Crippen molar-refractivity contribution in [2.45, 2.75) is 71.8 Å². The molecule has 0 aromatic carbocycles. The third-order valence-corrected chi connectivity index (χ3v) is 3.11. The van der Waals surface area contributed by atoms with Gasteiger partial charge in [0.15, 0.2) is 0 Å². The first-order valence-corrected chi connectivity index (χ1v) is 6.33. The van der Waals surface area contributed by atoms with E-state index in [9.17, 15) is 5.11 Å². The van der Waals surface area contributed by atoms with Crippen LogP contribution in [0.25, 0.3) is 0 Å². The molecular formula is C14H26O. The van der Waals surface area contributed by atoms with Crippen LogP contribution in [0.15, 0.2) is 11.6 Å². The van der Waals surface area contributed by atoms with Crippen molar-refractivity contribution in [3.8, 4) is 0 Å². The van der Waals surface area contributed by atoms with E-state index in [0.717, 1.165) is 19.3 Å². The Kier molecular flexibility index (Phi) is 4.85. The minimum atomic E-state index is -0.117. The molecule has 1 aliphatic rings. The number of aliphatic hydroxyl groups excluding tert-OH is 1. The van der Waals surface area contributed by atoms with Crippen molar-refractivity contribution < 1.29 is 5.11 Å². The van der Waals surface area contributed by atoms with Gasteiger partial charge in [-0.3, -0.25) is 0 Å². The van der Waals surface area contributed by atoms with E-state index < -0.39 is 0 Å². The van der Waals surface area contributed by atoms with Crippen LogP contribution in [0.1, 0.15) is 65.7 Å². The molecule has 0 radical (unpaired) electrons. The van der Waals surface area contributed by atoms with Gasteiger partial charge in [0.25, 0.3) is 0 Å². The summed E-state index contributed by atoms with van der Waals surface area (Å²) >= 11 is 0. The van der Waals surface area contributed by atoms with E-state index in [1.165, 1.54) is 31.3 Å². The van der Waals surface area contributed by atoms with Crippen molar-refractivity contribution in [2.75, 3.05) is 0 Å². The maximum Gasteiger partial charge on any atom is 0.0577 e. The van der Waals surface area contributed by atoms with Gasteiger partial charge in [-0.05, 0) is 50.4 Å². The van der Waals surface area contributed by atoms with Gasteiger partial charge in [0.1, 0.15) is 0 Å². The minimum absolute atomic E-state index is 0.117. The zero-order valence-electron chi connectivity index (χ0n) is 10.6. The van der Waals surface area contributed by atoms with E-state index in [1.54, 1.807) is 0 Å². The second-order valence-corrected chi connectivity index (χ2v) is 6.07. The molecule has 1 heteroatoms. The lowest BCUT2D eigenvalue weighted by Crippen LogP contribution is -2.14. The molecule has 0 fully saturated rings. The van der Waals surface area contributed by atoms with Crippen LogP contribution in [0.4, 0.5) is 0 Å². The molecule has 0 aliphatic heterocycles. The average Bonchev–Trinajstić information content (AvgIpc) is 2.15. The highest BCUT2D eigenvalue weighted by molar-refractivity contribution is 5.06. The highest BCUT2D eigenvalue weighted by atomic mass is 16.3. The molecule has 15 heavy (non-hydrogen) atoms. The van der Waals surface area contributed by atoms with Crippen molar-refractivity contribution in [3.05, 3.63) is 11.6 Å². The molecule has 1 rings (SSSR count). The summed E-state index contributed by atoms with van der Waals surface area (Å²) < 4.78 is 0. The van der Waals surface area contributed by atoms with Gasteiger partial charge in [0.2, 0.25) is 0 Å². The normalized spacial score (nSPS) is 19.9. The van der Waals surface area contributed by atoms with Crippen molar-refractivity contribution in [1.29, 1.82) is 0 Å². The van der Waals surface area contributed by atoms with Crippen LogP contribution < -0.4 is 0 Å². The maximum absolute atomic E-state index is 9.92. The van der Waals surface area contributed by atoms with Gasteiger partial charge in [-0.2, -0.15) is 0 Å². The van der Waals surface area contributed by atoms with E-state index in [4.69, 9.17) is 0 Å². The van der Waals surface area contributed by atoms with E-state index >= 15 is 0 Å². The van der Waals surface area contributed by atoms with Gasteiger partial charge in [-0.15, -0.1) is 0 Å². The zero-order valence-corrected chi connectivity index (χ0v) is 10.6. The molecule has 88 valence electrons. The van der Waals surface area contributed by atoms with Crippen LogP contribution in [0.5, 0.6) is 0 Å². The van der Waals surface area contributed by atoms with Gasteiger partial charge >= 0.3 is 0 Å². The Hall–Kier alpha value is -0.300. The SMILES string of the molecule is CC(C)(C)CCC(O)CC1=CCCCC1. The summed E-state index contributed by atoms with van der Waals surface area (Å²) in [5, 5.41) is 9.92. The summed E-state index contributed by atoms with van der Waals surface area (Å²) in [4.78, 5) is 0. The van der Waals surface area contributed by atoms with E-state index in [1.807, 2.05) is 0 Å². The molecule has 0 amide bonds. The first-order chi connectivity index (χ1) is 6.97. The predicted molar refractivity (Wildman–Crippen MR) is 65.9 cm³/mol. The van der Waals surface area contributed by atoms with Crippen LogP contribution in [0.3, 0.4) is 0 Å². The van der Waals surface area contributed by atoms with Gasteiger partial charge in [0.05, 0.1) is 6.10 Å². The number of rotatable bonds is 4. The first kappa shape index (κ1) is 12.8. The van der Waals surface area contributed by atoms with Crippen molar-refractivity contribution in [2.24, 2.45) is 5.41 Å². The van der Waals surface area contributed by atoms with Crippen LogP contribution in [-0.4, -0.2) is 11.2 Å². The van der Waals surface area contributed by atoms with E-state index in [2.05, 4.69) is 26.8 Å². The Bertz CT molecular complexity index is 210. The molecule has 0 aromatic heterocycles. The van der Waals surface area contributed by atoms with Gasteiger partial charge < -0.3 is 5.11 Å². The molecule has 0 aromatic rings. The van der Waals surface area contributed by atoms with Crippen molar-refractivity contribution >= 4 is 0 Å². The van der Waals surface area contributed by atoms with Gasteiger partial charge in [-0.1, -0.05) is 32.4 Å². The van der Waals surface area contributed by atoms with Crippen LogP contribution in [0.2, 0.25) is 0 Å². The maximum atomic E-state index is 9.92. The molecule has 1 atom stereocenters. The van der Waals surface area contributed by atoms with Crippen LogP contribution >= 0.6 is 0 Å². The highest BCUT2D eigenvalue weighted by Crippen LogP contribution is 2.26. The summed E-state index contributed by atoms with van der Waals surface area (Å²) in [6.07, 6.45) is 10.3. The molecule has 0 saturated carbocycles. The first-order valence-electron chi connectivity index (χ1n) is 6.33. The number of aliphatic hydroxyl groups is 1. The van der Waals surface area contributed by atoms with E-state index in [0.29, 0.717) is 5.41 Å². The molecular weight excluding hydrogens is 184 g/mol. The van der Waals surface area contributed by atoms with E-state index in [-0.39, 0.29) is 6.10 Å². The second kappa shape index (κ2) is 5.69. The Morgan fingerprint density at radius 3 is 2.60 bits per heavy atom. The number of allylic oxidation sites excluding steroid dienone is 1. The fraction of sp³-hybridized carbons (Fsp3) is 0.857. The fourth-order valence-corrected chi connectivity index (χ4v) is 2.09.